The second-order valence-electron chi connectivity index (χ2n) is 4.28. The Kier molecular flexibility index (Phi) is 4.38. The summed E-state index contributed by atoms with van der Waals surface area (Å²) in [6, 6.07) is 11.8. The van der Waals surface area contributed by atoms with Gasteiger partial charge in [0, 0.05) is 16.8 Å². The van der Waals surface area contributed by atoms with Gasteiger partial charge in [-0.3, -0.25) is 0 Å². The Morgan fingerprint density at radius 1 is 1.15 bits per heavy atom. The molecule has 0 amide bonds. The number of aromatic nitrogens is 1. The van der Waals surface area contributed by atoms with Gasteiger partial charge in [-0.25, -0.2) is 13.4 Å². The van der Waals surface area contributed by atoms with Gasteiger partial charge in [0.15, 0.2) is 9.84 Å². The molecule has 0 bridgehead atoms. The molecule has 2 rings (SSSR count). The number of nitriles is 1. The van der Waals surface area contributed by atoms with Crippen molar-refractivity contribution in [2.24, 2.45) is 0 Å². The number of pyridine rings is 1. The lowest BCUT2D eigenvalue weighted by atomic mass is 10.2. The monoisotopic (exact) mass is 306 g/mol. The van der Waals surface area contributed by atoms with E-state index in [1.807, 2.05) is 6.07 Å². The molecule has 0 aliphatic carbocycles. The van der Waals surface area contributed by atoms with Crippen molar-refractivity contribution in [2.75, 3.05) is 0 Å². The first kappa shape index (κ1) is 14.5. The van der Waals surface area contributed by atoms with E-state index < -0.39 is 9.84 Å². The summed E-state index contributed by atoms with van der Waals surface area (Å²) in [5.74, 6) is -0.295. The van der Waals surface area contributed by atoms with E-state index in [0.29, 0.717) is 16.1 Å². The summed E-state index contributed by atoms with van der Waals surface area (Å²) in [5, 5.41) is 9.47. The fourth-order valence-electron chi connectivity index (χ4n) is 1.78. The molecule has 0 unspecified atom stereocenters. The number of halogens is 1. The average Bonchev–Trinajstić information content (AvgIpc) is 2.41. The second-order valence-corrected chi connectivity index (χ2v) is 6.78. The molecule has 0 saturated carbocycles. The molecular formula is C14H11ClN2O2S. The summed E-state index contributed by atoms with van der Waals surface area (Å²) in [5.41, 5.74) is 1.23. The number of rotatable bonds is 4. The van der Waals surface area contributed by atoms with Gasteiger partial charge in [0.1, 0.15) is 11.8 Å². The highest BCUT2D eigenvalue weighted by Crippen LogP contribution is 2.16. The van der Waals surface area contributed by atoms with Gasteiger partial charge in [-0.2, -0.15) is 5.26 Å². The standard InChI is InChI=1S/C14H11ClN2O2S/c15-13-5-3-11(4-6-13)9-20(18,19)10-12-2-1-7-17-14(12)8-16/h1-7H,9-10H2. The molecule has 0 spiro atoms. The van der Waals surface area contributed by atoms with Crippen molar-refractivity contribution in [1.29, 1.82) is 5.26 Å². The summed E-state index contributed by atoms with van der Waals surface area (Å²) < 4.78 is 24.3. The molecule has 2 aromatic rings. The van der Waals surface area contributed by atoms with Crippen LogP contribution in [-0.4, -0.2) is 13.4 Å². The minimum Gasteiger partial charge on any atom is -0.245 e. The van der Waals surface area contributed by atoms with Crippen molar-refractivity contribution in [2.45, 2.75) is 11.5 Å². The lowest BCUT2D eigenvalue weighted by molar-refractivity contribution is 0.594. The Labute approximate surface area is 122 Å². The van der Waals surface area contributed by atoms with Gasteiger partial charge in [-0.1, -0.05) is 29.8 Å². The van der Waals surface area contributed by atoms with Gasteiger partial charge in [0.2, 0.25) is 0 Å². The minimum atomic E-state index is -3.37. The van der Waals surface area contributed by atoms with Crippen LogP contribution < -0.4 is 0 Å². The Morgan fingerprint density at radius 2 is 1.85 bits per heavy atom. The molecule has 1 aromatic heterocycles. The molecule has 20 heavy (non-hydrogen) atoms. The van der Waals surface area contributed by atoms with E-state index in [1.54, 1.807) is 36.4 Å². The molecule has 0 aliphatic heterocycles. The molecule has 4 nitrogen and oxygen atoms in total. The molecule has 0 saturated heterocycles. The van der Waals surface area contributed by atoms with Crippen LogP contribution in [0.5, 0.6) is 0 Å². The highest BCUT2D eigenvalue weighted by molar-refractivity contribution is 7.89. The highest BCUT2D eigenvalue weighted by Gasteiger charge is 2.16. The number of nitrogens with zero attached hydrogens (tertiary/aromatic N) is 2. The third-order valence-corrected chi connectivity index (χ3v) is 4.45. The largest absolute Gasteiger partial charge is 0.245 e. The minimum absolute atomic E-state index is 0.0933. The van der Waals surface area contributed by atoms with Crippen LogP contribution in [0.4, 0.5) is 0 Å². The van der Waals surface area contributed by atoms with E-state index in [0.717, 1.165) is 0 Å². The zero-order chi connectivity index (χ0) is 14.6. The molecule has 6 heteroatoms. The quantitative estimate of drug-likeness (QED) is 0.870. The van der Waals surface area contributed by atoms with Crippen molar-refractivity contribution in [1.82, 2.24) is 4.98 Å². The number of sulfone groups is 1. The van der Waals surface area contributed by atoms with Gasteiger partial charge in [-0.15, -0.1) is 0 Å². The van der Waals surface area contributed by atoms with E-state index in [1.165, 1.54) is 6.20 Å². The van der Waals surface area contributed by atoms with E-state index >= 15 is 0 Å². The maximum Gasteiger partial charge on any atom is 0.158 e. The van der Waals surface area contributed by atoms with E-state index in [2.05, 4.69) is 4.98 Å². The Hall–Kier alpha value is -1.90. The van der Waals surface area contributed by atoms with Crippen LogP contribution in [0.1, 0.15) is 16.8 Å². The molecule has 102 valence electrons. The smallest absolute Gasteiger partial charge is 0.158 e. The van der Waals surface area contributed by atoms with Crippen molar-refractivity contribution in [3.05, 3.63) is 64.4 Å². The lowest BCUT2D eigenvalue weighted by Crippen LogP contribution is -2.09. The third kappa shape index (κ3) is 3.80. The van der Waals surface area contributed by atoms with Gasteiger partial charge < -0.3 is 0 Å². The van der Waals surface area contributed by atoms with Crippen LogP contribution in [-0.2, 0) is 21.3 Å². The second kappa shape index (κ2) is 6.04. The fourth-order valence-corrected chi connectivity index (χ4v) is 3.41. The van der Waals surface area contributed by atoms with Crippen LogP contribution in [0, 0.1) is 11.3 Å². The SMILES string of the molecule is N#Cc1ncccc1CS(=O)(=O)Cc1ccc(Cl)cc1. The summed E-state index contributed by atoms with van der Waals surface area (Å²) in [6.45, 7) is 0. The van der Waals surface area contributed by atoms with Crippen LogP contribution in [0.2, 0.25) is 5.02 Å². The normalized spacial score (nSPS) is 11.0. The molecule has 0 fully saturated rings. The highest BCUT2D eigenvalue weighted by atomic mass is 35.5. The first-order valence-electron chi connectivity index (χ1n) is 5.79. The lowest BCUT2D eigenvalue weighted by Gasteiger charge is -2.06. The first-order chi connectivity index (χ1) is 9.50. The van der Waals surface area contributed by atoms with Gasteiger partial charge >= 0.3 is 0 Å². The van der Waals surface area contributed by atoms with Crippen LogP contribution in [0.15, 0.2) is 42.6 Å². The first-order valence-corrected chi connectivity index (χ1v) is 7.99. The van der Waals surface area contributed by atoms with Crippen molar-refractivity contribution < 1.29 is 8.42 Å². The van der Waals surface area contributed by atoms with Crippen LogP contribution in [0.25, 0.3) is 0 Å². The molecule has 0 N–H and O–H groups in total. The summed E-state index contributed by atoms with van der Waals surface area (Å²) in [4.78, 5) is 3.86. The van der Waals surface area contributed by atoms with E-state index in [9.17, 15) is 8.42 Å². The van der Waals surface area contributed by atoms with Crippen LogP contribution in [0.3, 0.4) is 0 Å². The maximum atomic E-state index is 12.2. The average molecular weight is 307 g/mol. The Bertz CT molecular complexity index is 749. The summed E-state index contributed by atoms with van der Waals surface area (Å²) in [6.07, 6.45) is 1.47. The van der Waals surface area contributed by atoms with E-state index in [-0.39, 0.29) is 17.2 Å². The van der Waals surface area contributed by atoms with Gasteiger partial charge in [0.25, 0.3) is 0 Å². The van der Waals surface area contributed by atoms with Crippen LogP contribution >= 0.6 is 11.6 Å². The third-order valence-electron chi connectivity index (χ3n) is 2.67. The van der Waals surface area contributed by atoms with Crippen molar-refractivity contribution in [3.63, 3.8) is 0 Å². The number of benzene rings is 1. The molecular weight excluding hydrogens is 296 g/mol. The topological polar surface area (TPSA) is 70.8 Å². The Balaban J connectivity index is 2.19. The molecule has 0 aliphatic rings. The predicted octanol–water partition coefficient (Wildman–Crippen LogP) is 2.72. The molecule has 0 atom stereocenters. The van der Waals surface area contributed by atoms with Crippen molar-refractivity contribution >= 4 is 21.4 Å². The molecule has 0 radical (unpaired) electrons. The summed E-state index contributed by atoms with van der Waals surface area (Å²) in [7, 11) is -3.37. The zero-order valence-electron chi connectivity index (χ0n) is 10.5. The maximum absolute atomic E-state index is 12.2. The molecule has 1 heterocycles. The predicted molar refractivity (Wildman–Crippen MR) is 76.7 cm³/mol. The Morgan fingerprint density at radius 3 is 2.50 bits per heavy atom. The fraction of sp³-hybridized carbons (Fsp3) is 0.143. The molecule has 1 aromatic carbocycles. The summed E-state index contributed by atoms with van der Waals surface area (Å²) >= 11 is 5.76. The van der Waals surface area contributed by atoms with Gasteiger partial charge in [0.05, 0.1) is 11.5 Å². The van der Waals surface area contributed by atoms with Crippen molar-refractivity contribution in [3.8, 4) is 6.07 Å². The van der Waals surface area contributed by atoms with E-state index in [4.69, 9.17) is 16.9 Å². The zero-order valence-corrected chi connectivity index (χ0v) is 12.0. The van der Waals surface area contributed by atoms with Gasteiger partial charge in [-0.05, 0) is 23.8 Å². The number of hydrogen-bond donors (Lipinski definition) is 0. The number of hydrogen-bond acceptors (Lipinski definition) is 4.